The van der Waals surface area contributed by atoms with Crippen molar-refractivity contribution in [1.82, 2.24) is 0 Å². The van der Waals surface area contributed by atoms with Gasteiger partial charge in [-0.25, -0.2) is 0 Å². The highest BCUT2D eigenvalue weighted by Crippen LogP contribution is 2.13. The van der Waals surface area contributed by atoms with Crippen molar-refractivity contribution >= 4 is 6.29 Å². The molecule has 0 aliphatic rings. The van der Waals surface area contributed by atoms with Crippen LogP contribution in [0.2, 0.25) is 0 Å². The van der Waals surface area contributed by atoms with E-state index in [2.05, 4.69) is 6.92 Å². The van der Waals surface area contributed by atoms with Crippen molar-refractivity contribution in [3.63, 3.8) is 0 Å². The van der Waals surface area contributed by atoms with Crippen molar-refractivity contribution in [3.05, 3.63) is 55.9 Å². The van der Waals surface area contributed by atoms with Gasteiger partial charge in [0, 0.05) is 6.42 Å². The van der Waals surface area contributed by atoms with E-state index in [1.165, 1.54) is 44.3 Å². The molecule has 0 heterocycles. The van der Waals surface area contributed by atoms with Gasteiger partial charge in [-0.05, 0) is 37.8 Å². The molecule has 0 fully saturated rings. The summed E-state index contributed by atoms with van der Waals surface area (Å²) in [5.41, 5.74) is -0.125. The predicted octanol–water partition coefficient (Wildman–Crippen LogP) is 5.67. The van der Waals surface area contributed by atoms with Gasteiger partial charge in [-0.1, -0.05) is 51.2 Å². The first kappa shape index (κ1) is 24.7. The number of hydrogen-bond donors (Lipinski definition) is 0. The maximum absolute atomic E-state index is 11.1. The van der Waals surface area contributed by atoms with Crippen LogP contribution in [0.3, 0.4) is 0 Å². The average molecular weight is 379 g/mol. The van der Waals surface area contributed by atoms with Crippen LogP contribution in [0.15, 0.2) is 35.7 Å². The topological polar surface area (TPSA) is 103 Å². The Bertz CT molecular complexity index is 538. The zero-order valence-electron chi connectivity index (χ0n) is 16.2. The van der Waals surface area contributed by atoms with Crippen molar-refractivity contribution in [3.8, 4) is 0 Å². The van der Waals surface area contributed by atoms with Crippen LogP contribution in [-0.2, 0) is 4.79 Å². The number of carbonyl (C=O) groups excluding carboxylic acids is 1. The lowest BCUT2D eigenvalue weighted by atomic mass is 10.1. The molecule has 151 valence electrons. The predicted molar refractivity (Wildman–Crippen MR) is 106 cm³/mol. The summed E-state index contributed by atoms with van der Waals surface area (Å²) in [6.07, 6.45) is 17.4. The molecule has 1 radical (unpaired) electrons. The highest BCUT2D eigenvalue weighted by atomic mass is 16.6. The van der Waals surface area contributed by atoms with E-state index in [1.807, 2.05) is 6.08 Å². The lowest BCUT2D eigenvalue weighted by Gasteiger charge is -1.98. The van der Waals surface area contributed by atoms with E-state index in [-0.39, 0.29) is 30.7 Å². The second-order valence-electron chi connectivity index (χ2n) is 6.38. The summed E-state index contributed by atoms with van der Waals surface area (Å²) in [6, 6.07) is 0. The highest BCUT2D eigenvalue weighted by molar-refractivity contribution is 5.50. The Morgan fingerprint density at radius 3 is 2.07 bits per heavy atom. The quantitative estimate of drug-likeness (QED) is 0.140. The van der Waals surface area contributed by atoms with Gasteiger partial charge in [0.2, 0.25) is 11.4 Å². The molecule has 7 heteroatoms. The molecule has 0 spiro atoms. The highest BCUT2D eigenvalue weighted by Gasteiger charge is 2.13. The van der Waals surface area contributed by atoms with Crippen molar-refractivity contribution in [2.45, 2.75) is 84.0 Å². The lowest BCUT2D eigenvalue weighted by molar-refractivity contribution is -0.431. The van der Waals surface area contributed by atoms with E-state index < -0.39 is 9.85 Å². The van der Waals surface area contributed by atoms with Gasteiger partial charge in [0.1, 0.15) is 0 Å². The number of nitrogens with zero attached hydrogens (tertiary/aromatic N) is 2. The monoisotopic (exact) mass is 379 g/mol. The van der Waals surface area contributed by atoms with E-state index in [0.717, 1.165) is 12.8 Å². The molecule has 0 aliphatic heterocycles. The van der Waals surface area contributed by atoms with Crippen LogP contribution in [0.25, 0.3) is 0 Å². The smallest absolute Gasteiger partial charge is 0.246 e. The van der Waals surface area contributed by atoms with Crippen LogP contribution in [-0.4, -0.2) is 16.1 Å². The first-order valence-electron chi connectivity index (χ1n) is 9.69. The van der Waals surface area contributed by atoms with Gasteiger partial charge in [-0.3, -0.25) is 25.0 Å². The third kappa shape index (κ3) is 14.5. The third-order valence-corrected chi connectivity index (χ3v) is 4.10. The SMILES string of the molecule is CCCCCCCC/C=C\C/C(=C\C/C(=C\CCC[C]=O)[N+](=O)[O-])[N+](=O)[O-]. The molecule has 7 nitrogen and oxygen atoms in total. The molecule has 0 bridgehead atoms. The van der Waals surface area contributed by atoms with E-state index >= 15 is 0 Å². The maximum atomic E-state index is 11.1. The molecule has 0 amide bonds. The Balaban J connectivity index is 4.42. The summed E-state index contributed by atoms with van der Waals surface area (Å²) in [6.45, 7) is 2.18. The second-order valence-corrected chi connectivity index (χ2v) is 6.38. The van der Waals surface area contributed by atoms with Crippen LogP contribution in [0.1, 0.15) is 84.0 Å². The molecule has 0 rings (SSSR count). The van der Waals surface area contributed by atoms with Gasteiger partial charge >= 0.3 is 0 Å². The van der Waals surface area contributed by atoms with Gasteiger partial charge in [-0.15, -0.1) is 0 Å². The molecule has 0 unspecified atom stereocenters. The van der Waals surface area contributed by atoms with Gasteiger partial charge in [0.15, 0.2) is 6.29 Å². The average Bonchev–Trinajstić information content (AvgIpc) is 2.63. The van der Waals surface area contributed by atoms with Gasteiger partial charge < -0.3 is 0 Å². The Hall–Kier alpha value is -2.31. The van der Waals surface area contributed by atoms with E-state index in [9.17, 15) is 25.0 Å². The minimum absolute atomic E-state index is 0.0387. The molecule has 0 aromatic heterocycles. The zero-order valence-corrected chi connectivity index (χ0v) is 16.2. The minimum Gasteiger partial charge on any atom is -0.291 e. The van der Waals surface area contributed by atoms with Gasteiger partial charge in [-0.2, -0.15) is 0 Å². The van der Waals surface area contributed by atoms with Crippen LogP contribution >= 0.6 is 0 Å². The fourth-order valence-electron chi connectivity index (χ4n) is 2.49. The molecule has 0 saturated heterocycles. The summed E-state index contributed by atoms with van der Waals surface area (Å²) in [7, 11) is 0. The summed E-state index contributed by atoms with van der Waals surface area (Å²) in [4.78, 5) is 31.2. The van der Waals surface area contributed by atoms with Crippen LogP contribution in [0.5, 0.6) is 0 Å². The van der Waals surface area contributed by atoms with Gasteiger partial charge in [0.05, 0.1) is 22.7 Å². The summed E-state index contributed by atoms with van der Waals surface area (Å²) < 4.78 is 0. The van der Waals surface area contributed by atoms with E-state index in [4.69, 9.17) is 0 Å². The molecule has 0 saturated carbocycles. The van der Waals surface area contributed by atoms with Crippen molar-refractivity contribution in [2.75, 3.05) is 0 Å². The summed E-state index contributed by atoms with van der Waals surface area (Å²) >= 11 is 0. The lowest BCUT2D eigenvalue weighted by Crippen LogP contribution is -2.01. The summed E-state index contributed by atoms with van der Waals surface area (Å²) in [5.74, 6) is 0. The molecule has 0 aromatic carbocycles. The molecule has 27 heavy (non-hydrogen) atoms. The molecule has 0 N–H and O–H groups in total. The standard InChI is InChI=1S/C20H31N2O5/c1-2-3-4-5-6-7-8-9-11-14-19(21(24)25)16-17-20(22(26)27)15-12-10-13-18-23/h9,11,15-16H,2-8,10,12-14,17H2,1H3/b11-9-,19-16+,20-15+. The first-order valence-corrected chi connectivity index (χ1v) is 9.69. The van der Waals surface area contributed by atoms with Crippen molar-refractivity contribution in [1.29, 1.82) is 0 Å². The van der Waals surface area contributed by atoms with Gasteiger partial charge in [0.25, 0.3) is 0 Å². The third-order valence-electron chi connectivity index (χ3n) is 4.10. The van der Waals surface area contributed by atoms with E-state index in [0.29, 0.717) is 12.8 Å². The van der Waals surface area contributed by atoms with Crippen molar-refractivity contribution < 1.29 is 14.6 Å². The number of rotatable bonds is 17. The molecule has 0 aromatic rings. The van der Waals surface area contributed by atoms with Crippen LogP contribution < -0.4 is 0 Å². The van der Waals surface area contributed by atoms with Crippen molar-refractivity contribution in [2.24, 2.45) is 0 Å². The number of hydrogen-bond acceptors (Lipinski definition) is 5. The fourth-order valence-corrected chi connectivity index (χ4v) is 2.49. The molecule has 0 atom stereocenters. The Labute approximate surface area is 161 Å². The molecule has 0 aliphatic carbocycles. The molecular weight excluding hydrogens is 348 g/mol. The Morgan fingerprint density at radius 2 is 1.44 bits per heavy atom. The minimum atomic E-state index is -0.535. The molecular formula is C20H31N2O5. The fraction of sp³-hybridized carbons (Fsp3) is 0.650. The van der Waals surface area contributed by atoms with Crippen LogP contribution in [0, 0.1) is 20.2 Å². The zero-order chi connectivity index (χ0) is 20.3. The summed E-state index contributed by atoms with van der Waals surface area (Å²) in [5, 5.41) is 22.1. The van der Waals surface area contributed by atoms with E-state index in [1.54, 1.807) is 12.4 Å². The number of unbranched alkanes of at least 4 members (excludes halogenated alkanes) is 8. The largest absolute Gasteiger partial charge is 0.291 e. The number of nitro groups is 2. The second kappa shape index (κ2) is 17.1. The number of allylic oxidation sites excluding steroid dienone is 4. The normalized spacial score (nSPS) is 12.5. The Kier molecular flexibility index (Phi) is 15.7. The maximum Gasteiger partial charge on any atom is 0.246 e. The van der Waals surface area contributed by atoms with Crippen LogP contribution in [0.4, 0.5) is 0 Å². The Morgan fingerprint density at radius 1 is 0.815 bits per heavy atom. The first-order chi connectivity index (χ1) is 13.0.